The maximum Gasteiger partial charge on any atom is 0.160 e. The molecule has 1 aromatic rings. The van der Waals surface area contributed by atoms with Crippen molar-refractivity contribution in [2.24, 2.45) is 0 Å². The topological polar surface area (TPSA) is 41.9 Å². The lowest BCUT2D eigenvalue weighted by Crippen LogP contribution is -2.42. The molecule has 0 saturated carbocycles. The molecule has 0 unspecified atom stereocenters. The van der Waals surface area contributed by atoms with E-state index >= 15 is 0 Å². The second-order valence-electron chi connectivity index (χ2n) is 5.31. The smallest absolute Gasteiger partial charge is 0.160 e. The van der Waals surface area contributed by atoms with Gasteiger partial charge >= 0.3 is 0 Å². The molecule has 1 aromatic carbocycles. The van der Waals surface area contributed by atoms with Crippen LogP contribution in [0.15, 0.2) is 18.2 Å². The van der Waals surface area contributed by atoms with Gasteiger partial charge in [-0.15, -0.1) is 0 Å². The summed E-state index contributed by atoms with van der Waals surface area (Å²) in [5.74, 6) is 1.55. The van der Waals surface area contributed by atoms with Gasteiger partial charge in [-0.25, -0.2) is 0 Å². The Bertz CT molecular complexity index is 422. The van der Waals surface area contributed by atoms with Crippen LogP contribution >= 0.6 is 0 Å². The first-order valence-corrected chi connectivity index (χ1v) is 7.34. The van der Waals surface area contributed by atoms with Crippen molar-refractivity contribution in [2.45, 2.75) is 31.7 Å². The molecule has 1 heterocycles. The largest absolute Gasteiger partial charge is 0.493 e. The van der Waals surface area contributed by atoms with Crippen LogP contribution in [-0.4, -0.2) is 50.0 Å². The van der Waals surface area contributed by atoms with Crippen LogP contribution in [0.4, 0.5) is 0 Å². The molecule has 112 valence electrons. The maximum absolute atomic E-state index is 9.43. The van der Waals surface area contributed by atoms with Crippen LogP contribution in [0.2, 0.25) is 0 Å². The highest BCUT2D eigenvalue weighted by atomic mass is 16.5. The van der Waals surface area contributed by atoms with E-state index in [2.05, 4.69) is 11.0 Å². The normalized spacial score (nSPS) is 19.9. The van der Waals surface area contributed by atoms with E-state index in [1.54, 1.807) is 14.2 Å². The molecular formula is C16H25NO3. The molecule has 20 heavy (non-hydrogen) atoms. The van der Waals surface area contributed by atoms with E-state index in [0.717, 1.165) is 37.4 Å². The predicted molar refractivity (Wildman–Crippen MR) is 79.5 cm³/mol. The van der Waals surface area contributed by atoms with Crippen molar-refractivity contribution < 1.29 is 14.6 Å². The molecule has 1 aliphatic heterocycles. The van der Waals surface area contributed by atoms with Gasteiger partial charge in [0.2, 0.25) is 0 Å². The Labute approximate surface area is 121 Å². The van der Waals surface area contributed by atoms with Gasteiger partial charge < -0.3 is 14.6 Å². The van der Waals surface area contributed by atoms with Crippen molar-refractivity contribution in [2.75, 3.05) is 33.9 Å². The molecule has 0 bridgehead atoms. The van der Waals surface area contributed by atoms with Gasteiger partial charge in [-0.3, -0.25) is 4.90 Å². The zero-order chi connectivity index (χ0) is 14.4. The van der Waals surface area contributed by atoms with E-state index in [-0.39, 0.29) is 6.61 Å². The fourth-order valence-electron chi connectivity index (χ4n) is 2.87. The molecule has 0 radical (unpaired) electrons. The summed E-state index contributed by atoms with van der Waals surface area (Å²) in [5, 5.41) is 9.43. The number of rotatable bonds is 6. The van der Waals surface area contributed by atoms with Crippen molar-refractivity contribution in [1.82, 2.24) is 4.90 Å². The van der Waals surface area contributed by atoms with Crippen LogP contribution in [0.25, 0.3) is 0 Å². The van der Waals surface area contributed by atoms with Gasteiger partial charge in [-0.05, 0) is 43.5 Å². The lowest BCUT2D eigenvalue weighted by molar-refractivity contribution is 0.0913. The van der Waals surface area contributed by atoms with Crippen LogP contribution in [0.3, 0.4) is 0 Å². The molecule has 1 aliphatic rings. The second kappa shape index (κ2) is 7.50. The van der Waals surface area contributed by atoms with Gasteiger partial charge in [0.1, 0.15) is 0 Å². The fourth-order valence-corrected chi connectivity index (χ4v) is 2.87. The van der Waals surface area contributed by atoms with E-state index in [4.69, 9.17) is 9.47 Å². The highest BCUT2D eigenvalue weighted by Gasteiger charge is 2.21. The first-order chi connectivity index (χ1) is 9.78. The minimum absolute atomic E-state index is 0.270. The molecule has 4 nitrogen and oxygen atoms in total. The average molecular weight is 279 g/mol. The number of hydrogen-bond acceptors (Lipinski definition) is 4. The van der Waals surface area contributed by atoms with Gasteiger partial charge in [-0.1, -0.05) is 12.5 Å². The Morgan fingerprint density at radius 1 is 1.20 bits per heavy atom. The quantitative estimate of drug-likeness (QED) is 0.866. The maximum atomic E-state index is 9.43. The summed E-state index contributed by atoms with van der Waals surface area (Å²) in [5.41, 5.74) is 1.24. The van der Waals surface area contributed by atoms with E-state index in [1.165, 1.54) is 18.4 Å². The van der Waals surface area contributed by atoms with Gasteiger partial charge in [0.05, 0.1) is 20.8 Å². The summed E-state index contributed by atoms with van der Waals surface area (Å²) < 4.78 is 10.6. The molecule has 0 aromatic heterocycles. The molecule has 1 atom stereocenters. The number of aliphatic hydroxyl groups excluding tert-OH is 1. The van der Waals surface area contributed by atoms with Crippen molar-refractivity contribution in [3.63, 3.8) is 0 Å². The van der Waals surface area contributed by atoms with Crippen molar-refractivity contribution in [3.05, 3.63) is 23.8 Å². The molecule has 0 aliphatic carbocycles. The molecule has 1 saturated heterocycles. The second-order valence-corrected chi connectivity index (χ2v) is 5.31. The van der Waals surface area contributed by atoms with Gasteiger partial charge in [-0.2, -0.15) is 0 Å². The number of likely N-dealkylation sites (tertiary alicyclic amines) is 1. The molecule has 4 heteroatoms. The van der Waals surface area contributed by atoms with Crippen molar-refractivity contribution in [3.8, 4) is 11.5 Å². The summed E-state index contributed by atoms with van der Waals surface area (Å²) in [6.07, 6.45) is 4.56. The molecule has 1 fully saturated rings. The Morgan fingerprint density at radius 2 is 2.00 bits per heavy atom. The Morgan fingerprint density at radius 3 is 2.70 bits per heavy atom. The van der Waals surface area contributed by atoms with Gasteiger partial charge in [0, 0.05) is 12.6 Å². The zero-order valence-electron chi connectivity index (χ0n) is 12.5. The lowest BCUT2D eigenvalue weighted by Gasteiger charge is -2.34. The van der Waals surface area contributed by atoms with E-state index in [9.17, 15) is 5.11 Å². The lowest BCUT2D eigenvalue weighted by atomic mass is 10.0. The number of ether oxygens (including phenoxy) is 2. The molecular weight excluding hydrogens is 254 g/mol. The Kier molecular flexibility index (Phi) is 5.68. The highest BCUT2D eigenvalue weighted by Crippen LogP contribution is 2.28. The van der Waals surface area contributed by atoms with Crippen LogP contribution in [0, 0.1) is 0 Å². The highest BCUT2D eigenvalue weighted by molar-refractivity contribution is 5.42. The summed E-state index contributed by atoms with van der Waals surface area (Å²) >= 11 is 0. The third kappa shape index (κ3) is 3.64. The summed E-state index contributed by atoms with van der Waals surface area (Å²) in [4.78, 5) is 2.40. The molecule has 1 N–H and O–H groups in total. The number of benzene rings is 1. The van der Waals surface area contributed by atoms with Crippen molar-refractivity contribution >= 4 is 0 Å². The van der Waals surface area contributed by atoms with Crippen LogP contribution in [-0.2, 0) is 6.42 Å². The predicted octanol–water partition coefficient (Wildman–Crippen LogP) is 2.09. The number of aliphatic hydroxyl groups is 1. The Balaban J connectivity index is 1.96. The van der Waals surface area contributed by atoms with Gasteiger partial charge in [0.25, 0.3) is 0 Å². The standard InChI is InChI=1S/C16H25NO3/c1-19-15-7-6-13(11-16(15)20-2)8-10-17-9-4-3-5-14(17)12-18/h6-7,11,14,18H,3-5,8-10,12H2,1-2H3/t14-/m0/s1. The summed E-state index contributed by atoms with van der Waals surface area (Å²) in [6, 6.07) is 6.41. The monoisotopic (exact) mass is 279 g/mol. The molecule has 0 spiro atoms. The number of nitrogens with zero attached hydrogens (tertiary/aromatic N) is 1. The van der Waals surface area contributed by atoms with E-state index in [1.807, 2.05) is 12.1 Å². The number of methoxy groups -OCH3 is 2. The van der Waals surface area contributed by atoms with Crippen LogP contribution < -0.4 is 9.47 Å². The minimum Gasteiger partial charge on any atom is -0.493 e. The number of hydrogen-bond donors (Lipinski definition) is 1. The van der Waals surface area contributed by atoms with Gasteiger partial charge in [0.15, 0.2) is 11.5 Å². The van der Waals surface area contributed by atoms with Crippen molar-refractivity contribution in [1.29, 1.82) is 0 Å². The van der Waals surface area contributed by atoms with E-state index < -0.39 is 0 Å². The van der Waals surface area contributed by atoms with Crippen LogP contribution in [0.1, 0.15) is 24.8 Å². The molecule has 2 rings (SSSR count). The Hall–Kier alpha value is -1.26. The average Bonchev–Trinajstić information content (AvgIpc) is 2.52. The summed E-state index contributed by atoms with van der Waals surface area (Å²) in [6.45, 7) is 2.35. The SMILES string of the molecule is COc1ccc(CCN2CCCC[C@H]2CO)cc1OC. The first-order valence-electron chi connectivity index (χ1n) is 7.34. The number of piperidine rings is 1. The first kappa shape index (κ1) is 15.1. The van der Waals surface area contributed by atoms with Crippen LogP contribution in [0.5, 0.6) is 11.5 Å². The minimum atomic E-state index is 0.270. The fraction of sp³-hybridized carbons (Fsp3) is 0.625. The van der Waals surface area contributed by atoms with E-state index in [0.29, 0.717) is 6.04 Å². The molecule has 0 amide bonds. The summed E-state index contributed by atoms with van der Waals surface area (Å²) in [7, 11) is 3.31. The third-order valence-corrected chi connectivity index (χ3v) is 4.10. The third-order valence-electron chi connectivity index (χ3n) is 4.10. The zero-order valence-corrected chi connectivity index (χ0v) is 12.5.